The molecular weight excluding hydrogens is 362 g/mol. The molecule has 4 rings (SSSR count). The molecule has 0 amide bonds. The number of aromatic nitrogens is 5. The zero-order chi connectivity index (χ0) is 18.8. The average Bonchev–Trinajstić information content (AvgIpc) is 3.23. The Morgan fingerprint density at radius 2 is 2.00 bits per heavy atom. The number of fused-ring (bicyclic) bond motifs is 1. The Balaban J connectivity index is 1.44. The summed E-state index contributed by atoms with van der Waals surface area (Å²) in [5, 5.41) is 12.8. The van der Waals surface area contributed by atoms with E-state index in [2.05, 4.69) is 41.5 Å². The molecule has 0 unspecified atom stereocenters. The first-order valence-corrected chi connectivity index (χ1v) is 9.69. The number of nitrogens with zero attached hydrogens (tertiary/aromatic N) is 5. The SMILES string of the molecule is Cc1ccc(-n2nnnc2SCCCn2c(=O)oc3ccccc32)c(C)c1. The molecule has 0 aliphatic heterocycles. The summed E-state index contributed by atoms with van der Waals surface area (Å²) >= 11 is 1.58. The lowest BCUT2D eigenvalue weighted by molar-refractivity contribution is 0.503. The summed E-state index contributed by atoms with van der Waals surface area (Å²) in [5.41, 5.74) is 4.75. The van der Waals surface area contributed by atoms with Gasteiger partial charge in [0.15, 0.2) is 5.58 Å². The molecule has 0 radical (unpaired) electrons. The molecule has 8 heteroatoms. The van der Waals surface area contributed by atoms with E-state index in [1.165, 1.54) is 5.56 Å². The van der Waals surface area contributed by atoms with Crippen LogP contribution in [0.25, 0.3) is 16.8 Å². The lowest BCUT2D eigenvalue weighted by Gasteiger charge is -2.08. The Labute approximate surface area is 160 Å². The summed E-state index contributed by atoms with van der Waals surface area (Å²) < 4.78 is 8.70. The number of thioether (sulfide) groups is 1. The number of para-hydroxylation sites is 2. The second-order valence-electron chi connectivity index (χ2n) is 6.35. The Bertz CT molecular complexity index is 1140. The summed E-state index contributed by atoms with van der Waals surface area (Å²) in [6, 6.07) is 13.7. The van der Waals surface area contributed by atoms with Crippen LogP contribution in [-0.2, 0) is 6.54 Å². The van der Waals surface area contributed by atoms with Gasteiger partial charge in [-0.25, -0.2) is 4.79 Å². The van der Waals surface area contributed by atoms with Gasteiger partial charge < -0.3 is 4.42 Å². The van der Waals surface area contributed by atoms with E-state index in [1.54, 1.807) is 27.1 Å². The summed E-state index contributed by atoms with van der Waals surface area (Å²) in [6.45, 7) is 4.70. The number of oxazole rings is 1. The number of aryl methyl sites for hydroxylation is 3. The molecule has 27 heavy (non-hydrogen) atoms. The molecule has 4 aromatic rings. The maximum absolute atomic E-state index is 12.0. The van der Waals surface area contributed by atoms with Crippen LogP contribution in [0.5, 0.6) is 0 Å². The molecule has 0 bridgehead atoms. The van der Waals surface area contributed by atoms with Crippen LogP contribution in [0.15, 0.2) is 56.8 Å². The summed E-state index contributed by atoms with van der Waals surface area (Å²) in [7, 11) is 0. The van der Waals surface area contributed by atoms with Gasteiger partial charge in [0.05, 0.1) is 11.2 Å². The Kier molecular flexibility index (Phi) is 4.81. The molecule has 0 saturated heterocycles. The first-order valence-electron chi connectivity index (χ1n) is 8.70. The van der Waals surface area contributed by atoms with Gasteiger partial charge in [0, 0.05) is 12.3 Å². The van der Waals surface area contributed by atoms with E-state index in [1.807, 2.05) is 24.3 Å². The normalized spacial score (nSPS) is 11.3. The zero-order valence-corrected chi connectivity index (χ0v) is 15.9. The highest BCUT2D eigenvalue weighted by Gasteiger charge is 2.12. The van der Waals surface area contributed by atoms with Crippen molar-refractivity contribution < 1.29 is 4.42 Å². The van der Waals surface area contributed by atoms with Crippen LogP contribution in [0.1, 0.15) is 17.5 Å². The molecule has 0 saturated carbocycles. The van der Waals surface area contributed by atoms with Crippen LogP contribution in [0, 0.1) is 13.8 Å². The smallest absolute Gasteiger partial charge is 0.408 e. The van der Waals surface area contributed by atoms with Crippen molar-refractivity contribution in [2.75, 3.05) is 5.75 Å². The number of hydrogen-bond acceptors (Lipinski definition) is 6. The van der Waals surface area contributed by atoms with Crippen molar-refractivity contribution in [3.05, 3.63) is 64.1 Å². The fourth-order valence-electron chi connectivity index (χ4n) is 3.07. The molecule has 0 spiro atoms. The predicted octanol–water partition coefficient (Wildman–Crippen LogP) is 3.37. The van der Waals surface area contributed by atoms with E-state index in [9.17, 15) is 4.79 Å². The molecule has 0 aliphatic carbocycles. The van der Waals surface area contributed by atoms with Crippen molar-refractivity contribution in [1.82, 2.24) is 24.8 Å². The van der Waals surface area contributed by atoms with E-state index in [0.29, 0.717) is 12.1 Å². The lowest BCUT2D eigenvalue weighted by Crippen LogP contribution is -2.14. The summed E-state index contributed by atoms with van der Waals surface area (Å²) in [5.74, 6) is 0.471. The third-order valence-electron chi connectivity index (χ3n) is 4.35. The van der Waals surface area contributed by atoms with Crippen LogP contribution >= 0.6 is 11.8 Å². The zero-order valence-electron chi connectivity index (χ0n) is 15.1. The lowest BCUT2D eigenvalue weighted by atomic mass is 10.1. The number of hydrogen-bond donors (Lipinski definition) is 0. The van der Waals surface area contributed by atoms with Crippen molar-refractivity contribution in [2.45, 2.75) is 32.0 Å². The van der Waals surface area contributed by atoms with E-state index >= 15 is 0 Å². The summed E-state index contributed by atoms with van der Waals surface area (Å²) in [4.78, 5) is 12.0. The monoisotopic (exact) mass is 381 g/mol. The van der Waals surface area contributed by atoms with Gasteiger partial charge in [-0.2, -0.15) is 4.68 Å². The molecule has 7 nitrogen and oxygen atoms in total. The quantitative estimate of drug-likeness (QED) is 0.376. The minimum Gasteiger partial charge on any atom is -0.408 e. The molecule has 138 valence electrons. The maximum atomic E-state index is 12.0. The topological polar surface area (TPSA) is 78.7 Å². The predicted molar refractivity (Wildman–Crippen MR) is 104 cm³/mol. The molecular formula is C19H19N5O2S. The second kappa shape index (κ2) is 7.40. The van der Waals surface area contributed by atoms with Crippen molar-refractivity contribution >= 4 is 22.9 Å². The fraction of sp³-hybridized carbons (Fsp3) is 0.263. The highest BCUT2D eigenvalue weighted by atomic mass is 32.2. The van der Waals surface area contributed by atoms with E-state index < -0.39 is 0 Å². The highest BCUT2D eigenvalue weighted by Crippen LogP contribution is 2.22. The molecule has 0 fully saturated rings. The largest absolute Gasteiger partial charge is 0.419 e. The van der Waals surface area contributed by atoms with Crippen molar-refractivity contribution in [3.63, 3.8) is 0 Å². The van der Waals surface area contributed by atoms with Gasteiger partial charge in [0.1, 0.15) is 0 Å². The van der Waals surface area contributed by atoms with Gasteiger partial charge in [-0.15, -0.1) is 5.10 Å². The summed E-state index contributed by atoms with van der Waals surface area (Å²) in [6.07, 6.45) is 0.799. The minimum absolute atomic E-state index is 0.318. The first kappa shape index (κ1) is 17.5. The molecule has 0 aliphatic rings. The van der Waals surface area contributed by atoms with E-state index in [4.69, 9.17) is 4.42 Å². The maximum Gasteiger partial charge on any atom is 0.419 e. The van der Waals surface area contributed by atoms with Gasteiger partial charge >= 0.3 is 5.76 Å². The molecule has 2 heterocycles. The van der Waals surface area contributed by atoms with Crippen LogP contribution < -0.4 is 5.76 Å². The van der Waals surface area contributed by atoms with Gasteiger partial charge in [0.25, 0.3) is 0 Å². The van der Waals surface area contributed by atoms with Gasteiger partial charge in [-0.1, -0.05) is 41.6 Å². The van der Waals surface area contributed by atoms with Gasteiger partial charge in [0.2, 0.25) is 5.16 Å². The van der Waals surface area contributed by atoms with Crippen LogP contribution in [-0.4, -0.2) is 30.5 Å². The third kappa shape index (κ3) is 3.52. The Morgan fingerprint density at radius 3 is 2.85 bits per heavy atom. The van der Waals surface area contributed by atoms with Crippen LogP contribution in [0.2, 0.25) is 0 Å². The number of benzene rings is 2. The molecule has 0 N–H and O–H groups in total. The number of tetrazole rings is 1. The van der Waals surface area contributed by atoms with E-state index in [0.717, 1.165) is 34.1 Å². The van der Waals surface area contributed by atoms with E-state index in [-0.39, 0.29) is 5.76 Å². The molecule has 2 aromatic carbocycles. The standard InChI is InChI=1S/C19H19N5O2S/c1-13-8-9-15(14(2)12-13)24-18(20-21-22-24)27-11-5-10-23-16-6-3-4-7-17(16)26-19(23)25/h3-4,6-9,12H,5,10-11H2,1-2H3. The van der Waals surface area contributed by atoms with Gasteiger partial charge in [-0.3, -0.25) is 4.57 Å². The highest BCUT2D eigenvalue weighted by molar-refractivity contribution is 7.99. The third-order valence-corrected chi connectivity index (χ3v) is 5.36. The minimum atomic E-state index is -0.318. The fourth-order valence-corrected chi connectivity index (χ4v) is 3.88. The Morgan fingerprint density at radius 1 is 1.15 bits per heavy atom. The van der Waals surface area contributed by atoms with Crippen LogP contribution in [0.3, 0.4) is 0 Å². The molecule has 2 aromatic heterocycles. The Hall–Kier alpha value is -2.87. The second-order valence-corrected chi connectivity index (χ2v) is 7.41. The first-order chi connectivity index (χ1) is 13.1. The molecule has 0 atom stereocenters. The van der Waals surface area contributed by atoms with Crippen molar-refractivity contribution in [1.29, 1.82) is 0 Å². The van der Waals surface area contributed by atoms with Gasteiger partial charge in [-0.05, 0) is 54.5 Å². The van der Waals surface area contributed by atoms with Crippen LogP contribution in [0.4, 0.5) is 0 Å². The average molecular weight is 381 g/mol. The number of rotatable bonds is 6. The van der Waals surface area contributed by atoms with Crippen molar-refractivity contribution in [3.8, 4) is 5.69 Å². The van der Waals surface area contributed by atoms with Crippen molar-refractivity contribution in [2.24, 2.45) is 0 Å².